The molecule has 0 radical (unpaired) electrons. The van der Waals surface area contributed by atoms with Crippen molar-refractivity contribution in [2.24, 2.45) is 0 Å². The summed E-state index contributed by atoms with van der Waals surface area (Å²) in [5.74, 6) is 0.977. The van der Waals surface area contributed by atoms with Gasteiger partial charge in [0, 0.05) is 18.4 Å². The number of rotatable bonds is 5. The number of nitrogens with zero attached hydrogens (tertiary/aromatic N) is 1. The minimum atomic E-state index is -0.161. The second-order valence-corrected chi connectivity index (χ2v) is 4.48. The van der Waals surface area contributed by atoms with Gasteiger partial charge in [-0.1, -0.05) is 12.1 Å². The van der Waals surface area contributed by atoms with Gasteiger partial charge in [-0.15, -0.1) is 0 Å². The van der Waals surface area contributed by atoms with Crippen LogP contribution >= 0.6 is 0 Å². The van der Waals surface area contributed by atoms with Crippen LogP contribution in [0.25, 0.3) is 0 Å². The van der Waals surface area contributed by atoms with Crippen LogP contribution in [0.4, 0.5) is 11.4 Å². The van der Waals surface area contributed by atoms with Gasteiger partial charge >= 0.3 is 0 Å². The standard InChI is InChI=1S/C16H18N2O3/c1-18(13-9-7-12(17)8-10-13)16(19)11-21-15-6-4-3-5-14(15)20-2/h3-10H,11,17H2,1-2H3. The van der Waals surface area contributed by atoms with E-state index in [4.69, 9.17) is 15.2 Å². The molecule has 2 aromatic rings. The molecular weight excluding hydrogens is 268 g/mol. The van der Waals surface area contributed by atoms with Crippen LogP contribution in [0, 0.1) is 0 Å². The molecular formula is C16H18N2O3. The van der Waals surface area contributed by atoms with E-state index < -0.39 is 0 Å². The number of amides is 1. The average molecular weight is 286 g/mol. The maximum absolute atomic E-state index is 12.1. The fourth-order valence-corrected chi connectivity index (χ4v) is 1.82. The van der Waals surface area contributed by atoms with Gasteiger partial charge in [-0.25, -0.2) is 0 Å². The summed E-state index contributed by atoms with van der Waals surface area (Å²) in [4.78, 5) is 13.7. The molecule has 0 heterocycles. The van der Waals surface area contributed by atoms with E-state index in [-0.39, 0.29) is 12.5 Å². The van der Waals surface area contributed by atoms with Gasteiger partial charge in [0.05, 0.1) is 7.11 Å². The van der Waals surface area contributed by atoms with Gasteiger partial charge in [0.1, 0.15) is 0 Å². The van der Waals surface area contributed by atoms with E-state index in [2.05, 4.69) is 0 Å². The molecule has 0 aliphatic carbocycles. The largest absolute Gasteiger partial charge is 0.493 e. The lowest BCUT2D eigenvalue weighted by atomic mass is 10.2. The Morgan fingerprint density at radius 3 is 2.33 bits per heavy atom. The zero-order valence-electron chi connectivity index (χ0n) is 12.1. The SMILES string of the molecule is COc1ccccc1OCC(=O)N(C)c1ccc(N)cc1. The molecule has 2 rings (SSSR count). The first-order chi connectivity index (χ1) is 10.1. The summed E-state index contributed by atoms with van der Waals surface area (Å²) in [6, 6.07) is 14.3. The lowest BCUT2D eigenvalue weighted by Crippen LogP contribution is -2.31. The number of ether oxygens (including phenoxy) is 2. The minimum absolute atomic E-state index is 0.0682. The summed E-state index contributed by atoms with van der Waals surface area (Å²) in [6.07, 6.45) is 0. The van der Waals surface area contributed by atoms with E-state index >= 15 is 0 Å². The third-order valence-electron chi connectivity index (χ3n) is 3.07. The quantitative estimate of drug-likeness (QED) is 0.857. The number of anilines is 2. The second kappa shape index (κ2) is 6.65. The zero-order valence-corrected chi connectivity index (χ0v) is 12.1. The van der Waals surface area contributed by atoms with Gasteiger partial charge in [-0.2, -0.15) is 0 Å². The fourth-order valence-electron chi connectivity index (χ4n) is 1.82. The highest BCUT2D eigenvalue weighted by atomic mass is 16.5. The highest BCUT2D eigenvalue weighted by molar-refractivity contribution is 5.94. The van der Waals surface area contributed by atoms with E-state index in [1.807, 2.05) is 12.1 Å². The Labute approximate surface area is 123 Å². The first-order valence-electron chi connectivity index (χ1n) is 6.49. The van der Waals surface area contributed by atoms with Crippen molar-refractivity contribution in [3.8, 4) is 11.5 Å². The third kappa shape index (κ3) is 3.66. The van der Waals surface area contributed by atoms with Crippen LogP contribution in [0.3, 0.4) is 0 Å². The molecule has 0 saturated heterocycles. The number of nitrogen functional groups attached to an aromatic ring is 1. The van der Waals surface area contributed by atoms with Gasteiger partial charge in [0.25, 0.3) is 5.91 Å². The van der Waals surface area contributed by atoms with Crippen molar-refractivity contribution in [3.63, 3.8) is 0 Å². The molecule has 0 saturated carbocycles. The van der Waals surface area contributed by atoms with E-state index in [9.17, 15) is 4.79 Å². The Hall–Kier alpha value is -2.69. The van der Waals surface area contributed by atoms with Crippen LogP contribution in [-0.4, -0.2) is 26.7 Å². The maximum Gasteiger partial charge on any atom is 0.264 e. The molecule has 2 aromatic carbocycles. The van der Waals surface area contributed by atoms with Crippen LogP contribution < -0.4 is 20.1 Å². The molecule has 0 unspecified atom stereocenters. The zero-order chi connectivity index (χ0) is 15.2. The minimum Gasteiger partial charge on any atom is -0.493 e. The van der Waals surface area contributed by atoms with Crippen molar-refractivity contribution < 1.29 is 14.3 Å². The Kier molecular flexibility index (Phi) is 4.66. The molecule has 0 aliphatic rings. The summed E-state index contributed by atoms with van der Waals surface area (Å²) in [7, 11) is 3.25. The van der Waals surface area contributed by atoms with Gasteiger partial charge in [0.2, 0.25) is 0 Å². The van der Waals surface area contributed by atoms with Crippen molar-refractivity contribution in [3.05, 3.63) is 48.5 Å². The lowest BCUT2D eigenvalue weighted by molar-refractivity contribution is -0.120. The molecule has 110 valence electrons. The number of hydrogen-bond donors (Lipinski definition) is 1. The summed E-state index contributed by atoms with van der Waals surface area (Å²) in [5.41, 5.74) is 7.05. The first-order valence-corrected chi connectivity index (χ1v) is 6.49. The topological polar surface area (TPSA) is 64.8 Å². The first kappa shape index (κ1) is 14.7. The number of hydrogen-bond acceptors (Lipinski definition) is 4. The smallest absolute Gasteiger partial charge is 0.264 e. The summed E-state index contributed by atoms with van der Waals surface area (Å²) in [5, 5.41) is 0. The van der Waals surface area contributed by atoms with Gasteiger partial charge in [-0.05, 0) is 36.4 Å². The average Bonchev–Trinajstić information content (AvgIpc) is 2.52. The van der Waals surface area contributed by atoms with Gasteiger partial charge in [-0.3, -0.25) is 4.79 Å². The molecule has 0 aliphatic heterocycles. The lowest BCUT2D eigenvalue weighted by Gasteiger charge is -2.18. The number of carbonyl (C=O) groups excluding carboxylic acids is 1. The predicted octanol–water partition coefficient (Wildman–Crippen LogP) is 2.32. The Morgan fingerprint density at radius 1 is 1.10 bits per heavy atom. The molecule has 21 heavy (non-hydrogen) atoms. The van der Waals surface area contributed by atoms with Crippen molar-refractivity contribution in [2.75, 3.05) is 31.4 Å². The number of para-hydroxylation sites is 2. The number of methoxy groups -OCH3 is 1. The summed E-state index contributed by atoms with van der Waals surface area (Å²) >= 11 is 0. The Morgan fingerprint density at radius 2 is 1.71 bits per heavy atom. The van der Waals surface area contributed by atoms with E-state index in [0.717, 1.165) is 5.69 Å². The molecule has 0 aromatic heterocycles. The number of carbonyl (C=O) groups is 1. The van der Waals surface area contributed by atoms with E-state index in [0.29, 0.717) is 17.2 Å². The second-order valence-electron chi connectivity index (χ2n) is 4.48. The van der Waals surface area contributed by atoms with Gasteiger partial charge in [0.15, 0.2) is 18.1 Å². The Balaban J connectivity index is 1.99. The Bertz CT molecular complexity index is 611. The normalized spacial score (nSPS) is 10.0. The van der Waals surface area contributed by atoms with Crippen LogP contribution in [0.15, 0.2) is 48.5 Å². The van der Waals surface area contributed by atoms with Crippen molar-refractivity contribution in [1.82, 2.24) is 0 Å². The van der Waals surface area contributed by atoms with E-state index in [1.165, 1.54) is 4.90 Å². The van der Waals surface area contributed by atoms with Crippen LogP contribution in [0.2, 0.25) is 0 Å². The molecule has 0 spiro atoms. The number of likely N-dealkylation sites (N-methyl/N-ethyl adjacent to an activating group) is 1. The predicted molar refractivity (Wildman–Crippen MR) is 82.8 cm³/mol. The summed E-state index contributed by atoms with van der Waals surface area (Å²) < 4.78 is 10.7. The molecule has 5 heteroatoms. The van der Waals surface area contributed by atoms with Gasteiger partial charge < -0.3 is 20.1 Å². The highest BCUT2D eigenvalue weighted by Gasteiger charge is 2.12. The van der Waals surface area contributed by atoms with E-state index in [1.54, 1.807) is 50.6 Å². The summed E-state index contributed by atoms with van der Waals surface area (Å²) in [6.45, 7) is -0.0682. The molecule has 1 amide bonds. The number of benzene rings is 2. The molecule has 2 N–H and O–H groups in total. The van der Waals surface area contributed by atoms with Crippen LogP contribution in [0.1, 0.15) is 0 Å². The highest BCUT2D eigenvalue weighted by Crippen LogP contribution is 2.25. The van der Waals surface area contributed by atoms with Crippen LogP contribution in [-0.2, 0) is 4.79 Å². The van der Waals surface area contributed by atoms with Crippen molar-refractivity contribution in [1.29, 1.82) is 0 Å². The number of nitrogens with two attached hydrogens (primary N) is 1. The third-order valence-corrected chi connectivity index (χ3v) is 3.07. The fraction of sp³-hybridized carbons (Fsp3) is 0.188. The van der Waals surface area contributed by atoms with Crippen molar-refractivity contribution in [2.45, 2.75) is 0 Å². The molecule has 5 nitrogen and oxygen atoms in total. The monoisotopic (exact) mass is 286 g/mol. The molecule has 0 bridgehead atoms. The van der Waals surface area contributed by atoms with Crippen LogP contribution in [0.5, 0.6) is 11.5 Å². The van der Waals surface area contributed by atoms with Crippen molar-refractivity contribution >= 4 is 17.3 Å². The molecule has 0 fully saturated rings. The maximum atomic E-state index is 12.1. The molecule has 0 atom stereocenters.